The van der Waals surface area contributed by atoms with Crippen LogP contribution in [0.5, 0.6) is 17.2 Å². The summed E-state index contributed by atoms with van der Waals surface area (Å²) in [4.78, 5) is 15.1. The molecule has 1 aromatic heterocycles. The predicted octanol–water partition coefficient (Wildman–Crippen LogP) is 4.45. The zero-order valence-corrected chi connectivity index (χ0v) is 18.3. The maximum absolute atomic E-state index is 13.2. The monoisotopic (exact) mass is 421 g/mol. The Hall–Kier alpha value is -3.48. The number of aromatic amines is 1. The lowest BCUT2D eigenvalue weighted by Crippen LogP contribution is -2.30. The van der Waals surface area contributed by atoms with Gasteiger partial charge in [-0.15, -0.1) is 0 Å². The van der Waals surface area contributed by atoms with Crippen LogP contribution in [0.1, 0.15) is 47.9 Å². The van der Waals surface area contributed by atoms with E-state index in [4.69, 9.17) is 14.2 Å². The number of carbonyl (C=O) groups excluding carboxylic acids is 1. The number of fused-ring (bicyclic) bond motifs is 1. The molecule has 2 heterocycles. The largest absolute Gasteiger partial charge is 0.494 e. The van der Waals surface area contributed by atoms with E-state index < -0.39 is 0 Å². The molecule has 0 saturated carbocycles. The molecule has 1 aliphatic rings. The van der Waals surface area contributed by atoms with Gasteiger partial charge in [-0.1, -0.05) is 13.0 Å². The third kappa shape index (κ3) is 3.60. The highest BCUT2D eigenvalue weighted by molar-refractivity contribution is 6.00. The van der Waals surface area contributed by atoms with Crippen molar-refractivity contribution in [3.63, 3.8) is 0 Å². The molecule has 31 heavy (non-hydrogen) atoms. The zero-order valence-electron chi connectivity index (χ0n) is 18.3. The van der Waals surface area contributed by atoms with Gasteiger partial charge in [0.1, 0.15) is 11.4 Å². The summed E-state index contributed by atoms with van der Waals surface area (Å²) in [5.74, 6) is 2.04. The van der Waals surface area contributed by atoms with Gasteiger partial charge in [-0.3, -0.25) is 9.89 Å². The van der Waals surface area contributed by atoms with Crippen molar-refractivity contribution in [1.29, 1.82) is 0 Å². The maximum atomic E-state index is 13.2. The van der Waals surface area contributed by atoms with Crippen molar-refractivity contribution in [2.75, 3.05) is 27.4 Å². The van der Waals surface area contributed by atoms with Gasteiger partial charge in [-0.25, -0.2) is 0 Å². The summed E-state index contributed by atoms with van der Waals surface area (Å²) in [6, 6.07) is 13.3. The second kappa shape index (κ2) is 8.71. The van der Waals surface area contributed by atoms with Gasteiger partial charge in [0.2, 0.25) is 0 Å². The molecule has 0 radical (unpaired) electrons. The average molecular weight is 421 g/mol. The first-order chi connectivity index (χ1) is 15.1. The molecule has 7 nitrogen and oxygen atoms in total. The molecule has 2 aromatic carbocycles. The highest BCUT2D eigenvalue weighted by Gasteiger charge is 2.42. The summed E-state index contributed by atoms with van der Waals surface area (Å²) in [6.45, 7) is 5.27. The van der Waals surface area contributed by atoms with Crippen molar-refractivity contribution in [2.45, 2.75) is 26.3 Å². The molecular weight excluding hydrogens is 394 g/mol. The lowest BCUT2D eigenvalue weighted by atomic mass is 9.95. The number of ether oxygens (including phenoxy) is 3. The third-order valence-corrected chi connectivity index (χ3v) is 5.49. The van der Waals surface area contributed by atoms with Crippen LogP contribution >= 0.6 is 0 Å². The fraction of sp³-hybridized carbons (Fsp3) is 0.333. The van der Waals surface area contributed by atoms with E-state index in [0.29, 0.717) is 30.3 Å². The summed E-state index contributed by atoms with van der Waals surface area (Å²) in [5, 5.41) is 7.50. The Labute approximate surface area is 181 Å². The van der Waals surface area contributed by atoms with E-state index >= 15 is 0 Å². The predicted molar refractivity (Wildman–Crippen MR) is 118 cm³/mol. The molecule has 0 unspecified atom stereocenters. The number of H-pyrrole nitrogens is 1. The summed E-state index contributed by atoms with van der Waals surface area (Å²) >= 11 is 0. The highest BCUT2D eigenvalue weighted by Crippen LogP contribution is 2.44. The van der Waals surface area contributed by atoms with Crippen LogP contribution in [0.4, 0.5) is 0 Å². The quantitative estimate of drug-likeness (QED) is 0.582. The first kappa shape index (κ1) is 20.8. The molecule has 0 aliphatic carbocycles. The Balaban J connectivity index is 1.83. The molecular formula is C24H27N3O4. The van der Waals surface area contributed by atoms with Gasteiger partial charge >= 0.3 is 0 Å². The minimum atomic E-state index is -0.262. The molecule has 3 aromatic rings. The number of nitrogens with one attached hydrogen (secondary N) is 1. The average Bonchev–Trinajstić information content (AvgIpc) is 3.34. The Morgan fingerprint density at radius 3 is 2.42 bits per heavy atom. The molecule has 1 atom stereocenters. The van der Waals surface area contributed by atoms with Crippen molar-refractivity contribution < 1.29 is 19.0 Å². The van der Waals surface area contributed by atoms with E-state index in [1.54, 1.807) is 14.2 Å². The Morgan fingerprint density at radius 2 is 1.77 bits per heavy atom. The second-order valence-electron chi connectivity index (χ2n) is 7.33. The van der Waals surface area contributed by atoms with Crippen LogP contribution in [0.15, 0.2) is 42.5 Å². The summed E-state index contributed by atoms with van der Waals surface area (Å²) in [6.07, 6.45) is 0.853. The number of hydrogen-bond donors (Lipinski definition) is 1. The standard InChI is InChI=1S/C24H27N3O4/c1-5-13-27-23(16-9-12-18(29-3)19(14-16)30-4)20-21(25-26-22(20)24(27)28)15-7-10-17(11-8-15)31-6-2/h7-12,14,23H,5-6,13H2,1-4H3,(H,25,26)/t23-/m0/s1. The number of aromatic nitrogens is 2. The number of nitrogens with zero attached hydrogens (tertiary/aromatic N) is 2. The molecule has 1 aliphatic heterocycles. The lowest BCUT2D eigenvalue weighted by molar-refractivity contribution is 0.0743. The van der Waals surface area contributed by atoms with Gasteiger partial charge < -0.3 is 19.1 Å². The lowest BCUT2D eigenvalue weighted by Gasteiger charge is -2.26. The van der Waals surface area contributed by atoms with Crippen LogP contribution in [0, 0.1) is 0 Å². The molecule has 7 heteroatoms. The molecule has 0 spiro atoms. The molecule has 162 valence electrons. The molecule has 0 fully saturated rings. The smallest absolute Gasteiger partial charge is 0.273 e. The Morgan fingerprint density at radius 1 is 1.03 bits per heavy atom. The van der Waals surface area contributed by atoms with Crippen LogP contribution in [0.2, 0.25) is 0 Å². The molecule has 4 rings (SSSR count). The molecule has 1 N–H and O–H groups in total. The number of hydrogen-bond acceptors (Lipinski definition) is 5. The van der Waals surface area contributed by atoms with Gasteiger partial charge in [-0.2, -0.15) is 5.10 Å². The minimum absolute atomic E-state index is 0.0404. The van der Waals surface area contributed by atoms with E-state index in [0.717, 1.165) is 34.6 Å². The summed E-state index contributed by atoms with van der Waals surface area (Å²) in [5.41, 5.74) is 4.07. The number of benzene rings is 2. The fourth-order valence-corrected chi connectivity index (χ4v) is 4.13. The van der Waals surface area contributed by atoms with Crippen molar-refractivity contribution in [3.8, 4) is 28.5 Å². The van der Waals surface area contributed by atoms with Crippen LogP contribution < -0.4 is 14.2 Å². The molecule has 1 amide bonds. The zero-order chi connectivity index (χ0) is 22.0. The minimum Gasteiger partial charge on any atom is -0.494 e. The highest BCUT2D eigenvalue weighted by atomic mass is 16.5. The van der Waals surface area contributed by atoms with E-state index in [1.807, 2.05) is 54.3 Å². The van der Waals surface area contributed by atoms with Crippen LogP contribution in [-0.4, -0.2) is 48.4 Å². The molecule has 0 saturated heterocycles. The van der Waals surface area contributed by atoms with E-state index in [9.17, 15) is 4.79 Å². The van der Waals surface area contributed by atoms with E-state index in [2.05, 4.69) is 17.1 Å². The van der Waals surface area contributed by atoms with Crippen molar-refractivity contribution in [3.05, 3.63) is 59.3 Å². The fourth-order valence-electron chi connectivity index (χ4n) is 4.13. The Kier molecular flexibility index (Phi) is 5.84. The molecule has 0 bridgehead atoms. The van der Waals surface area contributed by atoms with Crippen molar-refractivity contribution in [2.24, 2.45) is 0 Å². The first-order valence-corrected chi connectivity index (χ1v) is 10.5. The van der Waals surface area contributed by atoms with E-state index in [-0.39, 0.29) is 11.9 Å². The van der Waals surface area contributed by atoms with Gasteiger partial charge in [-0.05, 0) is 55.3 Å². The SMILES string of the molecule is CCCN1C(=O)c2[nH]nc(-c3ccc(OCC)cc3)c2[C@@H]1c1ccc(OC)c(OC)c1. The van der Waals surface area contributed by atoms with Gasteiger partial charge in [0.05, 0.1) is 32.6 Å². The van der Waals surface area contributed by atoms with Crippen molar-refractivity contribution >= 4 is 5.91 Å². The number of methoxy groups -OCH3 is 2. The topological polar surface area (TPSA) is 76.7 Å². The number of amides is 1. The summed E-state index contributed by atoms with van der Waals surface area (Å²) < 4.78 is 16.5. The second-order valence-corrected chi connectivity index (χ2v) is 7.33. The Bertz CT molecular complexity index is 1070. The van der Waals surface area contributed by atoms with Crippen LogP contribution in [-0.2, 0) is 0 Å². The normalized spacial score (nSPS) is 15.2. The van der Waals surface area contributed by atoms with Gasteiger partial charge in [0, 0.05) is 17.7 Å². The number of rotatable bonds is 8. The maximum Gasteiger partial charge on any atom is 0.273 e. The van der Waals surface area contributed by atoms with E-state index in [1.165, 1.54) is 0 Å². The summed E-state index contributed by atoms with van der Waals surface area (Å²) in [7, 11) is 3.22. The number of carbonyl (C=O) groups is 1. The first-order valence-electron chi connectivity index (χ1n) is 10.5. The van der Waals surface area contributed by atoms with Crippen molar-refractivity contribution in [1.82, 2.24) is 15.1 Å². The van der Waals surface area contributed by atoms with Gasteiger partial charge in [0.15, 0.2) is 11.5 Å². The van der Waals surface area contributed by atoms with Crippen LogP contribution in [0.3, 0.4) is 0 Å². The third-order valence-electron chi connectivity index (χ3n) is 5.49. The van der Waals surface area contributed by atoms with Crippen LogP contribution in [0.25, 0.3) is 11.3 Å². The van der Waals surface area contributed by atoms with Gasteiger partial charge in [0.25, 0.3) is 5.91 Å².